The smallest absolute Gasteiger partial charge is 0.238 e. The minimum Gasteiger partial charge on any atom is -0.365 e. The lowest BCUT2D eigenvalue weighted by atomic mass is 10.1. The zero-order chi connectivity index (χ0) is 22.8. The Morgan fingerprint density at radius 3 is 2.39 bits per heavy atom. The molecule has 1 fully saturated rings. The molecule has 0 atom stereocenters. The number of hydrogen-bond acceptors (Lipinski definition) is 7. The molecule has 9 heteroatoms. The first-order chi connectivity index (χ1) is 16.0. The van der Waals surface area contributed by atoms with Crippen LogP contribution in [-0.4, -0.2) is 31.5 Å². The average Bonchev–Trinajstić information content (AvgIpc) is 3.28. The minimum atomic E-state index is -3.71. The zero-order valence-corrected chi connectivity index (χ0v) is 19.7. The van der Waals surface area contributed by atoms with Crippen molar-refractivity contribution in [1.29, 1.82) is 0 Å². The first-order valence-corrected chi connectivity index (χ1v) is 13.4. The van der Waals surface area contributed by atoms with Gasteiger partial charge in [-0.3, -0.25) is 0 Å². The Balaban J connectivity index is 1.52. The highest BCUT2D eigenvalue weighted by atomic mass is 32.2. The van der Waals surface area contributed by atoms with Gasteiger partial charge in [0, 0.05) is 30.6 Å². The van der Waals surface area contributed by atoms with Gasteiger partial charge in [-0.25, -0.2) is 18.5 Å². The molecule has 5 rings (SSSR count). The summed E-state index contributed by atoms with van der Waals surface area (Å²) in [7, 11) is -3.71. The van der Waals surface area contributed by atoms with Crippen molar-refractivity contribution in [1.82, 2.24) is 9.97 Å². The summed E-state index contributed by atoms with van der Waals surface area (Å²) in [5, 5.41) is 11.9. The molecule has 170 valence electrons. The second-order valence-electron chi connectivity index (χ2n) is 8.16. The molecular formula is C24H25N5O2S2. The highest BCUT2D eigenvalue weighted by Gasteiger charge is 2.20. The van der Waals surface area contributed by atoms with Crippen LogP contribution in [-0.2, 0) is 16.6 Å². The Morgan fingerprint density at radius 2 is 1.70 bits per heavy atom. The van der Waals surface area contributed by atoms with Gasteiger partial charge in [0.05, 0.1) is 10.3 Å². The van der Waals surface area contributed by atoms with Crippen LogP contribution in [0.25, 0.3) is 21.3 Å². The summed E-state index contributed by atoms with van der Waals surface area (Å²) in [5.41, 5.74) is 3.16. The van der Waals surface area contributed by atoms with Gasteiger partial charge in [-0.15, -0.1) is 11.3 Å². The molecule has 2 aromatic carbocycles. The molecule has 0 amide bonds. The first-order valence-electron chi connectivity index (χ1n) is 10.9. The number of nitrogens with two attached hydrogens (primary N) is 1. The van der Waals surface area contributed by atoms with Crippen molar-refractivity contribution in [2.75, 3.05) is 23.3 Å². The number of primary sulfonamides is 1. The van der Waals surface area contributed by atoms with Crippen molar-refractivity contribution in [3.8, 4) is 11.1 Å². The van der Waals surface area contributed by atoms with E-state index in [1.54, 1.807) is 23.5 Å². The maximum atomic E-state index is 11.5. The minimum absolute atomic E-state index is 0.104. The number of piperidine rings is 1. The number of rotatable bonds is 6. The van der Waals surface area contributed by atoms with E-state index in [1.165, 1.54) is 18.6 Å². The van der Waals surface area contributed by atoms with Gasteiger partial charge in [-0.05, 0) is 42.5 Å². The predicted octanol–water partition coefficient (Wildman–Crippen LogP) is 4.61. The molecule has 0 radical (unpaired) electrons. The summed E-state index contributed by atoms with van der Waals surface area (Å²) in [6, 6.07) is 16.8. The van der Waals surface area contributed by atoms with E-state index in [0.29, 0.717) is 6.54 Å². The Labute approximate surface area is 197 Å². The molecule has 0 aliphatic carbocycles. The molecule has 33 heavy (non-hydrogen) atoms. The van der Waals surface area contributed by atoms with Gasteiger partial charge in [0.1, 0.15) is 10.6 Å². The first kappa shape index (κ1) is 21.8. The summed E-state index contributed by atoms with van der Waals surface area (Å²) in [6.45, 7) is 2.44. The van der Waals surface area contributed by atoms with Crippen LogP contribution in [0.1, 0.15) is 24.8 Å². The van der Waals surface area contributed by atoms with Gasteiger partial charge in [-0.1, -0.05) is 42.5 Å². The van der Waals surface area contributed by atoms with E-state index in [-0.39, 0.29) is 4.90 Å². The second kappa shape index (κ2) is 9.09. The van der Waals surface area contributed by atoms with Gasteiger partial charge in [-0.2, -0.15) is 4.98 Å². The summed E-state index contributed by atoms with van der Waals surface area (Å²) in [6.07, 6.45) is 3.55. The molecule has 2 aromatic heterocycles. The molecule has 3 N–H and O–H groups in total. The largest absolute Gasteiger partial charge is 0.365 e. The molecule has 1 aliphatic rings. The van der Waals surface area contributed by atoms with Crippen LogP contribution in [0, 0.1) is 0 Å². The number of benzene rings is 2. The lowest BCUT2D eigenvalue weighted by Crippen LogP contribution is -2.31. The number of thiophene rings is 1. The van der Waals surface area contributed by atoms with Crippen LogP contribution in [0.15, 0.2) is 64.9 Å². The quantitative estimate of drug-likeness (QED) is 0.419. The van der Waals surface area contributed by atoms with E-state index in [4.69, 9.17) is 15.1 Å². The van der Waals surface area contributed by atoms with Gasteiger partial charge in [0.25, 0.3) is 0 Å². The fourth-order valence-electron chi connectivity index (χ4n) is 4.11. The van der Waals surface area contributed by atoms with Crippen LogP contribution in [0.4, 0.5) is 11.8 Å². The predicted molar refractivity (Wildman–Crippen MR) is 134 cm³/mol. The molecule has 1 saturated heterocycles. The fourth-order valence-corrected chi connectivity index (χ4v) is 5.56. The zero-order valence-electron chi connectivity index (χ0n) is 18.1. The Bertz CT molecular complexity index is 1360. The van der Waals surface area contributed by atoms with Crippen LogP contribution in [0.3, 0.4) is 0 Å². The lowest BCUT2D eigenvalue weighted by molar-refractivity contribution is 0.569. The van der Waals surface area contributed by atoms with Gasteiger partial charge >= 0.3 is 0 Å². The van der Waals surface area contributed by atoms with Crippen molar-refractivity contribution < 1.29 is 8.42 Å². The van der Waals surface area contributed by atoms with Gasteiger partial charge in [0.2, 0.25) is 16.0 Å². The van der Waals surface area contributed by atoms with Crippen molar-refractivity contribution in [3.05, 3.63) is 65.5 Å². The second-order valence-corrected chi connectivity index (χ2v) is 10.6. The number of nitrogens with one attached hydrogen (secondary N) is 1. The van der Waals surface area contributed by atoms with Crippen LogP contribution in [0.2, 0.25) is 0 Å². The molecule has 4 aromatic rings. The third-order valence-electron chi connectivity index (χ3n) is 5.86. The fraction of sp³-hybridized carbons (Fsp3) is 0.250. The maximum Gasteiger partial charge on any atom is 0.238 e. The summed E-state index contributed by atoms with van der Waals surface area (Å²) in [4.78, 5) is 13.2. The molecule has 0 unspecified atom stereocenters. The van der Waals surface area contributed by atoms with Crippen molar-refractivity contribution in [3.63, 3.8) is 0 Å². The van der Waals surface area contributed by atoms with E-state index in [9.17, 15) is 8.42 Å². The number of sulfonamides is 1. The SMILES string of the molecule is NS(=O)(=O)c1ccc(CNc2nc(N3CCCCC3)nc3scc(-c4ccccc4)c23)cc1. The Kier molecular flexibility index (Phi) is 6.01. The van der Waals surface area contributed by atoms with Crippen LogP contribution < -0.4 is 15.4 Å². The number of aromatic nitrogens is 2. The Hall–Kier alpha value is -3.01. The van der Waals surface area contributed by atoms with Gasteiger partial charge in [0.15, 0.2) is 0 Å². The monoisotopic (exact) mass is 479 g/mol. The van der Waals surface area contributed by atoms with Crippen molar-refractivity contribution in [2.45, 2.75) is 30.7 Å². The van der Waals surface area contributed by atoms with E-state index in [0.717, 1.165) is 64.6 Å². The third-order valence-corrected chi connectivity index (χ3v) is 7.66. The molecular weight excluding hydrogens is 454 g/mol. The van der Waals surface area contributed by atoms with Crippen molar-refractivity contribution >= 4 is 43.3 Å². The van der Waals surface area contributed by atoms with Crippen LogP contribution >= 0.6 is 11.3 Å². The van der Waals surface area contributed by atoms with E-state index >= 15 is 0 Å². The van der Waals surface area contributed by atoms with E-state index in [2.05, 4.69) is 27.7 Å². The molecule has 7 nitrogen and oxygen atoms in total. The average molecular weight is 480 g/mol. The maximum absolute atomic E-state index is 11.5. The topological polar surface area (TPSA) is 101 Å². The third kappa shape index (κ3) is 4.71. The summed E-state index contributed by atoms with van der Waals surface area (Å²) in [5.74, 6) is 1.55. The van der Waals surface area contributed by atoms with E-state index in [1.807, 2.05) is 18.2 Å². The number of nitrogens with zero attached hydrogens (tertiary/aromatic N) is 3. The lowest BCUT2D eigenvalue weighted by Gasteiger charge is -2.27. The highest BCUT2D eigenvalue weighted by Crippen LogP contribution is 2.38. The molecule has 1 aliphatic heterocycles. The molecule has 0 spiro atoms. The van der Waals surface area contributed by atoms with E-state index < -0.39 is 10.0 Å². The molecule has 0 saturated carbocycles. The van der Waals surface area contributed by atoms with Crippen LogP contribution in [0.5, 0.6) is 0 Å². The number of anilines is 2. The van der Waals surface area contributed by atoms with Crippen molar-refractivity contribution in [2.24, 2.45) is 5.14 Å². The normalized spacial score (nSPS) is 14.5. The molecule has 0 bridgehead atoms. The summed E-state index contributed by atoms with van der Waals surface area (Å²) >= 11 is 1.63. The standard InChI is InChI=1S/C24H25N5O2S2/c25-33(30,31)19-11-9-17(10-12-19)15-26-22-21-20(18-7-3-1-4-8-18)16-32-23(21)28-24(27-22)29-13-5-2-6-14-29/h1,3-4,7-12,16H,2,5-6,13-15H2,(H2,25,30,31)(H,26,27,28). The molecule has 3 heterocycles. The number of fused-ring (bicyclic) bond motifs is 1. The summed E-state index contributed by atoms with van der Waals surface area (Å²) < 4.78 is 23.1. The number of hydrogen-bond donors (Lipinski definition) is 2. The van der Waals surface area contributed by atoms with Gasteiger partial charge < -0.3 is 10.2 Å². The Morgan fingerprint density at radius 1 is 0.970 bits per heavy atom. The highest BCUT2D eigenvalue weighted by molar-refractivity contribution is 7.89.